The second kappa shape index (κ2) is 9.15. The van der Waals surface area contributed by atoms with Crippen LogP contribution in [0.25, 0.3) is 21.9 Å². The van der Waals surface area contributed by atoms with Crippen molar-refractivity contribution in [2.24, 2.45) is 0 Å². The maximum atomic E-state index is 13.5. The van der Waals surface area contributed by atoms with Crippen molar-refractivity contribution in [2.45, 2.75) is 6.92 Å². The van der Waals surface area contributed by atoms with Crippen LogP contribution < -0.4 is 5.32 Å². The van der Waals surface area contributed by atoms with Gasteiger partial charge in [-0.3, -0.25) is 4.79 Å². The third-order valence-corrected chi connectivity index (χ3v) is 6.12. The third-order valence-electron chi connectivity index (χ3n) is 5.31. The molecule has 0 bridgehead atoms. The maximum Gasteiger partial charge on any atom is 0.337 e. The molecule has 0 spiro atoms. The summed E-state index contributed by atoms with van der Waals surface area (Å²) in [5.74, 6) is -0.775. The highest BCUT2D eigenvalue weighted by atomic mass is 79.9. The predicted molar refractivity (Wildman–Crippen MR) is 133 cm³/mol. The van der Waals surface area contributed by atoms with Crippen molar-refractivity contribution in [1.82, 2.24) is 0 Å². The van der Waals surface area contributed by atoms with Gasteiger partial charge in [0.2, 0.25) is 0 Å². The highest BCUT2D eigenvalue weighted by molar-refractivity contribution is 9.10. The quantitative estimate of drug-likeness (QED) is 0.295. The molecule has 4 aromatic carbocycles. The number of carbonyl (C=O) groups is 2. The van der Waals surface area contributed by atoms with Crippen LogP contribution in [-0.2, 0) is 4.74 Å². The molecule has 32 heavy (non-hydrogen) atoms. The van der Waals surface area contributed by atoms with Gasteiger partial charge in [0, 0.05) is 4.47 Å². The average Bonchev–Trinajstić information content (AvgIpc) is 2.80. The fraction of sp³-hybridized carbons (Fsp3) is 0.0769. The molecule has 0 aliphatic carbocycles. The first-order chi connectivity index (χ1) is 15.4. The number of rotatable bonds is 4. The first-order valence-electron chi connectivity index (χ1n) is 9.86. The minimum atomic E-state index is -0.493. The van der Waals surface area contributed by atoms with Crippen LogP contribution >= 0.6 is 27.5 Å². The van der Waals surface area contributed by atoms with E-state index in [4.69, 9.17) is 16.3 Å². The maximum absolute atomic E-state index is 13.5. The molecule has 0 unspecified atom stereocenters. The summed E-state index contributed by atoms with van der Waals surface area (Å²) in [7, 11) is 1.30. The van der Waals surface area contributed by atoms with E-state index < -0.39 is 5.97 Å². The number of benzene rings is 4. The van der Waals surface area contributed by atoms with Gasteiger partial charge in [-0.05, 0) is 70.8 Å². The third kappa shape index (κ3) is 4.27. The number of hydrogen-bond donors (Lipinski definition) is 1. The van der Waals surface area contributed by atoms with E-state index in [1.807, 2.05) is 55.5 Å². The summed E-state index contributed by atoms with van der Waals surface area (Å²) in [5, 5.41) is 4.94. The first kappa shape index (κ1) is 22.1. The Morgan fingerprint density at radius 2 is 1.72 bits per heavy atom. The van der Waals surface area contributed by atoms with Crippen LogP contribution in [0.5, 0.6) is 0 Å². The van der Waals surface area contributed by atoms with Gasteiger partial charge < -0.3 is 10.1 Å². The van der Waals surface area contributed by atoms with E-state index >= 15 is 0 Å². The molecule has 0 aliphatic heterocycles. The number of methoxy groups -OCH3 is 1. The van der Waals surface area contributed by atoms with Crippen LogP contribution in [0.2, 0.25) is 5.02 Å². The zero-order valence-electron chi connectivity index (χ0n) is 17.4. The van der Waals surface area contributed by atoms with E-state index in [1.165, 1.54) is 13.2 Å². The number of anilines is 1. The van der Waals surface area contributed by atoms with Crippen molar-refractivity contribution in [3.8, 4) is 11.1 Å². The summed E-state index contributed by atoms with van der Waals surface area (Å²) in [6, 6.07) is 22.6. The van der Waals surface area contributed by atoms with Gasteiger partial charge in [0.15, 0.2) is 0 Å². The van der Waals surface area contributed by atoms with Crippen LogP contribution in [0.4, 0.5) is 5.69 Å². The van der Waals surface area contributed by atoms with Crippen molar-refractivity contribution in [3.05, 3.63) is 99.0 Å². The fourth-order valence-electron chi connectivity index (χ4n) is 3.73. The SMILES string of the molecule is COC(=O)c1ccc(NC(=O)c2c(C)c(-c3ccccc3)cc3ccc(Br)cc23)c(Cl)c1. The molecule has 1 N–H and O–H groups in total. The Bertz CT molecular complexity index is 1350. The standard InChI is InChI=1S/C26H19BrClNO3/c1-15-20(16-6-4-3-5-7-16)12-17-8-10-19(27)14-21(17)24(15)25(30)29-23-11-9-18(13-22(23)28)26(31)32-2/h3-14H,1-2H3,(H,29,30). The van der Waals surface area contributed by atoms with Gasteiger partial charge >= 0.3 is 5.97 Å². The molecule has 160 valence electrons. The summed E-state index contributed by atoms with van der Waals surface area (Å²) in [4.78, 5) is 25.2. The highest BCUT2D eigenvalue weighted by Gasteiger charge is 2.19. The largest absolute Gasteiger partial charge is 0.465 e. The number of halogens is 2. The zero-order valence-corrected chi connectivity index (χ0v) is 19.8. The predicted octanol–water partition coefficient (Wildman–Crippen LogP) is 7.27. The summed E-state index contributed by atoms with van der Waals surface area (Å²) in [6.45, 7) is 1.94. The number of esters is 1. The molecule has 0 fully saturated rings. The smallest absolute Gasteiger partial charge is 0.337 e. The van der Waals surface area contributed by atoms with Gasteiger partial charge in [-0.1, -0.05) is 63.9 Å². The summed E-state index contributed by atoms with van der Waals surface area (Å²) >= 11 is 9.86. The van der Waals surface area contributed by atoms with Crippen molar-refractivity contribution in [1.29, 1.82) is 0 Å². The number of nitrogens with one attached hydrogen (secondary N) is 1. The summed E-state index contributed by atoms with van der Waals surface area (Å²) in [6.07, 6.45) is 0. The minimum Gasteiger partial charge on any atom is -0.465 e. The summed E-state index contributed by atoms with van der Waals surface area (Å²) in [5.41, 5.74) is 4.17. The molecule has 4 rings (SSSR count). The molecule has 0 saturated heterocycles. The van der Waals surface area contributed by atoms with Crippen LogP contribution in [-0.4, -0.2) is 19.0 Å². The lowest BCUT2D eigenvalue weighted by Crippen LogP contribution is -2.15. The Morgan fingerprint density at radius 1 is 0.969 bits per heavy atom. The second-order valence-electron chi connectivity index (χ2n) is 7.30. The average molecular weight is 509 g/mol. The van der Waals surface area contributed by atoms with E-state index in [1.54, 1.807) is 12.1 Å². The van der Waals surface area contributed by atoms with Gasteiger partial charge in [-0.2, -0.15) is 0 Å². The number of ether oxygens (including phenoxy) is 1. The molecule has 6 heteroatoms. The lowest BCUT2D eigenvalue weighted by atomic mass is 9.91. The van der Waals surface area contributed by atoms with Gasteiger partial charge in [0.05, 0.1) is 28.9 Å². The molecule has 4 aromatic rings. The van der Waals surface area contributed by atoms with E-state index in [0.717, 1.165) is 31.9 Å². The second-order valence-corrected chi connectivity index (χ2v) is 8.62. The van der Waals surface area contributed by atoms with E-state index in [-0.39, 0.29) is 10.9 Å². The lowest BCUT2D eigenvalue weighted by Gasteiger charge is -2.17. The van der Waals surface area contributed by atoms with Crippen LogP contribution in [0.3, 0.4) is 0 Å². The van der Waals surface area contributed by atoms with Gasteiger partial charge in [0.1, 0.15) is 0 Å². The Morgan fingerprint density at radius 3 is 2.41 bits per heavy atom. The molecular weight excluding hydrogens is 490 g/mol. The van der Waals surface area contributed by atoms with E-state index in [2.05, 4.69) is 27.3 Å². The van der Waals surface area contributed by atoms with Crippen molar-refractivity contribution in [3.63, 3.8) is 0 Å². The fourth-order valence-corrected chi connectivity index (χ4v) is 4.32. The highest BCUT2D eigenvalue weighted by Crippen LogP contribution is 2.35. The Hall–Kier alpha value is -3.15. The molecule has 0 saturated carbocycles. The van der Waals surface area contributed by atoms with E-state index in [0.29, 0.717) is 16.8 Å². The van der Waals surface area contributed by atoms with Crippen molar-refractivity contribution >= 4 is 55.9 Å². The monoisotopic (exact) mass is 507 g/mol. The molecular formula is C26H19BrClNO3. The van der Waals surface area contributed by atoms with Gasteiger partial charge in [0.25, 0.3) is 5.91 Å². The molecule has 0 heterocycles. The molecule has 0 atom stereocenters. The summed E-state index contributed by atoms with van der Waals surface area (Å²) < 4.78 is 5.60. The topological polar surface area (TPSA) is 55.4 Å². The number of fused-ring (bicyclic) bond motifs is 1. The molecule has 0 radical (unpaired) electrons. The first-order valence-corrected chi connectivity index (χ1v) is 11.0. The Kier molecular flexibility index (Phi) is 6.31. The molecule has 0 aliphatic rings. The van der Waals surface area contributed by atoms with Crippen molar-refractivity contribution < 1.29 is 14.3 Å². The van der Waals surface area contributed by atoms with E-state index in [9.17, 15) is 9.59 Å². The van der Waals surface area contributed by atoms with Crippen LogP contribution in [0, 0.1) is 6.92 Å². The van der Waals surface area contributed by atoms with Gasteiger partial charge in [-0.25, -0.2) is 4.79 Å². The Balaban J connectivity index is 1.82. The van der Waals surface area contributed by atoms with Crippen LogP contribution in [0.15, 0.2) is 77.3 Å². The number of carbonyl (C=O) groups excluding carboxylic acids is 2. The molecule has 4 nitrogen and oxygen atoms in total. The molecule has 1 amide bonds. The Labute approximate surface area is 199 Å². The number of amides is 1. The van der Waals surface area contributed by atoms with Crippen LogP contribution in [0.1, 0.15) is 26.3 Å². The normalized spacial score (nSPS) is 10.8. The van der Waals surface area contributed by atoms with Crippen molar-refractivity contribution in [2.75, 3.05) is 12.4 Å². The lowest BCUT2D eigenvalue weighted by molar-refractivity contribution is 0.0600. The molecule has 0 aromatic heterocycles. The zero-order chi connectivity index (χ0) is 22.8. The number of hydrogen-bond acceptors (Lipinski definition) is 3. The minimum absolute atomic E-state index is 0.253. The van der Waals surface area contributed by atoms with Gasteiger partial charge in [-0.15, -0.1) is 0 Å².